The summed E-state index contributed by atoms with van der Waals surface area (Å²) in [5, 5.41) is 13.8. The second-order valence-electron chi connectivity index (χ2n) is 17.0. The Kier molecular flexibility index (Phi) is 11.2. The van der Waals surface area contributed by atoms with Gasteiger partial charge in [-0.2, -0.15) is 0 Å². The smallest absolute Gasteiger partial charge is 0.000683 e. The molecule has 0 unspecified atom stereocenters. The minimum atomic E-state index is 0.839. The number of benzene rings is 8. The van der Waals surface area contributed by atoms with Gasteiger partial charge in [-0.05, 0) is 185 Å². The molecule has 0 N–H and O–H groups in total. The Hall–Kier alpha value is -7.28. The van der Waals surface area contributed by atoms with Crippen molar-refractivity contribution in [1.29, 1.82) is 0 Å². The van der Waals surface area contributed by atoms with Crippen molar-refractivity contribution in [1.82, 2.24) is 0 Å². The average molecular weight is 811 g/mol. The van der Waals surface area contributed by atoms with Gasteiger partial charge in [0, 0.05) is 0 Å². The third kappa shape index (κ3) is 7.47. The zero-order chi connectivity index (χ0) is 43.8. The summed E-state index contributed by atoms with van der Waals surface area (Å²) in [5.74, 6) is 0. The third-order valence-electron chi connectivity index (χ3n) is 13.0. The van der Waals surface area contributed by atoms with Gasteiger partial charge in [-0.1, -0.05) is 190 Å². The molecule has 11 rings (SSSR count). The molecular weight excluding hydrogens is 757 g/mol. The summed E-state index contributed by atoms with van der Waals surface area (Å²) in [6.07, 6.45) is 22.2. The van der Waals surface area contributed by atoms with E-state index in [1.54, 1.807) is 6.08 Å². The lowest BCUT2D eigenvalue weighted by molar-refractivity contribution is 1.16. The van der Waals surface area contributed by atoms with Crippen LogP contribution in [0.2, 0.25) is 0 Å². The summed E-state index contributed by atoms with van der Waals surface area (Å²) in [5.41, 5.74) is 18.1. The van der Waals surface area contributed by atoms with Gasteiger partial charge in [-0.15, -0.1) is 0 Å². The van der Waals surface area contributed by atoms with E-state index < -0.39 is 0 Å². The second-order valence-corrected chi connectivity index (χ2v) is 17.0. The Bertz CT molecular complexity index is 3350. The van der Waals surface area contributed by atoms with Crippen LogP contribution in [0, 0.1) is 0 Å². The zero-order valence-corrected chi connectivity index (χ0v) is 37.0. The Morgan fingerprint density at radius 3 is 1.83 bits per heavy atom. The SMILES string of the molecule is C=C(/C=C\C)/C=C\C.C=CC(=C)C(=C)C(=C)/C=C1\CC=C(/C=C\C)C1.c1cc2ccc3cc4c(c5ccc(c1)c2c35)-c1cc2c(cc1C4)-c1c(c3ccccc3c3ccccc13)C2. The molecule has 0 radical (unpaired) electrons. The van der Waals surface area contributed by atoms with Gasteiger partial charge in [0.05, 0.1) is 0 Å². The van der Waals surface area contributed by atoms with Gasteiger partial charge in [0.1, 0.15) is 0 Å². The van der Waals surface area contributed by atoms with E-state index in [9.17, 15) is 0 Å². The summed E-state index contributed by atoms with van der Waals surface area (Å²) in [6.45, 7) is 25.3. The fourth-order valence-corrected chi connectivity index (χ4v) is 10.1. The second kappa shape index (κ2) is 17.2. The quantitative estimate of drug-likeness (QED) is 0.111. The first-order chi connectivity index (χ1) is 30.7. The first-order valence-corrected chi connectivity index (χ1v) is 22.2. The molecule has 0 aliphatic heterocycles. The molecule has 0 amide bonds. The van der Waals surface area contributed by atoms with Gasteiger partial charge in [0.25, 0.3) is 0 Å². The van der Waals surface area contributed by atoms with Crippen molar-refractivity contribution in [2.45, 2.75) is 46.5 Å². The number of fused-ring (bicyclic) bond motifs is 12. The normalized spacial score (nSPS) is 14.3. The molecule has 0 heterocycles. The van der Waals surface area contributed by atoms with Crippen molar-refractivity contribution in [3.05, 3.63) is 252 Å². The van der Waals surface area contributed by atoms with E-state index in [4.69, 9.17) is 0 Å². The van der Waals surface area contributed by atoms with Crippen LogP contribution in [0.25, 0.3) is 76.1 Å². The van der Waals surface area contributed by atoms with Crippen LogP contribution in [0.3, 0.4) is 0 Å². The minimum Gasteiger partial charge on any atom is -0.0985 e. The molecule has 8 aromatic carbocycles. The van der Waals surface area contributed by atoms with Crippen molar-refractivity contribution in [2.24, 2.45) is 0 Å². The van der Waals surface area contributed by atoms with Crippen LogP contribution in [-0.2, 0) is 12.8 Å². The molecule has 0 aromatic heterocycles. The van der Waals surface area contributed by atoms with E-state index in [1.165, 1.54) is 110 Å². The van der Waals surface area contributed by atoms with E-state index in [1.807, 2.05) is 45.1 Å². The summed E-state index contributed by atoms with van der Waals surface area (Å²) in [4.78, 5) is 0. The lowest BCUT2D eigenvalue weighted by atomic mass is 9.88. The topological polar surface area (TPSA) is 0 Å². The highest BCUT2D eigenvalue weighted by Gasteiger charge is 2.30. The Morgan fingerprint density at radius 1 is 0.524 bits per heavy atom. The van der Waals surface area contributed by atoms with Crippen LogP contribution in [0.4, 0.5) is 0 Å². The zero-order valence-electron chi connectivity index (χ0n) is 37.0. The standard InChI is InChI=1S/C38H22.C17H20.C8H12/c1-2-10-29-27(8-1)28-9-3-4-11-30(28)38-33-18-24-17-26-16-23-13-12-21-6-5-7-22-14-15-31(37(23)35(21)22)36(26)32(24)19-25(33)20-34(29)38;1-6-8-16-9-10-17(12-16)11-14(4)15(5)13(3)7-2;1-4-6-8(3)7-5-2/h1-16,18-19H,17,20H2;6-9,11H,2-5,10,12H2,1H3;4-7H,3H2,1-2H3/b;8-6-,17-11+;6-4-,7-5-. The highest BCUT2D eigenvalue weighted by Crippen LogP contribution is 2.52. The fourth-order valence-electron chi connectivity index (χ4n) is 10.1. The highest BCUT2D eigenvalue weighted by molar-refractivity contribution is 6.26. The summed E-state index contributed by atoms with van der Waals surface area (Å²) < 4.78 is 0. The summed E-state index contributed by atoms with van der Waals surface area (Å²) in [6, 6.07) is 41.5. The molecule has 3 aliphatic rings. The first kappa shape index (κ1) is 41.1. The molecule has 0 saturated carbocycles. The molecule has 0 nitrogen and oxygen atoms in total. The molecular formula is C63H54. The summed E-state index contributed by atoms with van der Waals surface area (Å²) >= 11 is 0. The van der Waals surface area contributed by atoms with Crippen LogP contribution in [0.5, 0.6) is 0 Å². The predicted octanol–water partition coefficient (Wildman–Crippen LogP) is 17.8. The fraction of sp³-hybridized carbons (Fsp3) is 0.111. The largest absolute Gasteiger partial charge is 0.0985 e. The molecule has 0 heteroatoms. The van der Waals surface area contributed by atoms with Crippen molar-refractivity contribution >= 4 is 53.9 Å². The van der Waals surface area contributed by atoms with Gasteiger partial charge in [-0.25, -0.2) is 0 Å². The van der Waals surface area contributed by atoms with E-state index >= 15 is 0 Å². The maximum atomic E-state index is 4.03. The van der Waals surface area contributed by atoms with Crippen LogP contribution >= 0.6 is 0 Å². The predicted molar refractivity (Wildman–Crippen MR) is 278 cm³/mol. The number of allylic oxidation sites excluding steroid dienone is 15. The van der Waals surface area contributed by atoms with Crippen molar-refractivity contribution < 1.29 is 0 Å². The number of hydrogen-bond donors (Lipinski definition) is 0. The monoisotopic (exact) mass is 810 g/mol. The lowest BCUT2D eigenvalue weighted by Gasteiger charge is -2.15. The number of hydrogen-bond acceptors (Lipinski definition) is 0. The molecule has 0 atom stereocenters. The van der Waals surface area contributed by atoms with E-state index in [-0.39, 0.29) is 0 Å². The van der Waals surface area contributed by atoms with Gasteiger partial charge in [-0.3, -0.25) is 0 Å². The maximum Gasteiger partial charge on any atom is -0.000683 e. The molecule has 8 aromatic rings. The minimum absolute atomic E-state index is 0.839. The average Bonchev–Trinajstić information content (AvgIpc) is 4.02. The lowest BCUT2D eigenvalue weighted by Crippen LogP contribution is -1.89. The highest BCUT2D eigenvalue weighted by atomic mass is 14.3. The van der Waals surface area contributed by atoms with E-state index in [2.05, 4.69) is 166 Å². The van der Waals surface area contributed by atoms with Gasteiger partial charge >= 0.3 is 0 Å². The van der Waals surface area contributed by atoms with Crippen molar-refractivity contribution in [3.8, 4) is 22.3 Å². The Labute approximate surface area is 373 Å². The van der Waals surface area contributed by atoms with Crippen molar-refractivity contribution in [2.75, 3.05) is 0 Å². The summed E-state index contributed by atoms with van der Waals surface area (Å²) in [7, 11) is 0. The first-order valence-electron chi connectivity index (χ1n) is 22.2. The maximum absolute atomic E-state index is 4.03. The van der Waals surface area contributed by atoms with Crippen LogP contribution in [0.15, 0.2) is 230 Å². The molecule has 306 valence electrons. The molecule has 0 bridgehead atoms. The van der Waals surface area contributed by atoms with Crippen molar-refractivity contribution in [3.63, 3.8) is 0 Å². The van der Waals surface area contributed by atoms with Crippen LogP contribution < -0.4 is 0 Å². The number of rotatable bonds is 7. The molecule has 0 spiro atoms. The van der Waals surface area contributed by atoms with E-state index in [0.29, 0.717) is 0 Å². The molecule has 0 saturated heterocycles. The third-order valence-corrected chi connectivity index (χ3v) is 13.0. The van der Waals surface area contributed by atoms with E-state index in [0.717, 1.165) is 48.0 Å². The Morgan fingerprint density at radius 2 is 1.14 bits per heavy atom. The van der Waals surface area contributed by atoms with Gasteiger partial charge < -0.3 is 0 Å². The Balaban J connectivity index is 0.000000169. The molecule has 63 heavy (non-hydrogen) atoms. The van der Waals surface area contributed by atoms with Gasteiger partial charge in [0.2, 0.25) is 0 Å². The molecule has 3 aliphatic carbocycles. The molecule has 0 fully saturated rings. The van der Waals surface area contributed by atoms with Crippen LogP contribution in [-0.4, -0.2) is 0 Å². The van der Waals surface area contributed by atoms with Crippen LogP contribution in [0.1, 0.15) is 55.9 Å². The van der Waals surface area contributed by atoms with Gasteiger partial charge in [0.15, 0.2) is 0 Å².